The van der Waals surface area contributed by atoms with Crippen LogP contribution < -0.4 is 9.47 Å². The third-order valence-electron chi connectivity index (χ3n) is 4.64. The summed E-state index contributed by atoms with van der Waals surface area (Å²) in [7, 11) is 3.27. The molecule has 2 atom stereocenters. The van der Waals surface area contributed by atoms with Gasteiger partial charge in [0.15, 0.2) is 17.8 Å². The zero-order chi connectivity index (χ0) is 19.3. The summed E-state index contributed by atoms with van der Waals surface area (Å²) in [6.07, 6.45) is 5.08. The van der Waals surface area contributed by atoms with E-state index < -0.39 is 0 Å². The molecule has 0 spiro atoms. The Bertz CT molecular complexity index is 916. The van der Waals surface area contributed by atoms with Crippen molar-refractivity contribution in [1.82, 2.24) is 9.97 Å². The highest BCUT2D eigenvalue weighted by Gasteiger charge is 2.28. The first kappa shape index (κ1) is 18.9. The average Bonchev–Trinajstić information content (AvgIpc) is 3.42. The summed E-state index contributed by atoms with van der Waals surface area (Å²) < 4.78 is 22.7. The van der Waals surface area contributed by atoms with Crippen LogP contribution in [-0.2, 0) is 16.1 Å². The lowest BCUT2D eigenvalue weighted by molar-refractivity contribution is -0.142. The van der Waals surface area contributed by atoms with Gasteiger partial charge in [-0.15, -0.1) is 11.3 Å². The maximum Gasteiger partial charge on any atom is 0.161 e. The Morgan fingerprint density at radius 3 is 2.82 bits per heavy atom. The van der Waals surface area contributed by atoms with E-state index in [4.69, 9.17) is 18.9 Å². The summed E-state index contributed by atoms with van der Waals surface area (Å²) in [5.41, 5.74) is 2.99. The minimum Gasteiger partial charge on any atom is -0.493 e. The molecule has 7 heteroatoms. The van der Waals surface area contributed by atoms with E-state index in [2.05, 4.69) is 9.97 Å². The Hall–Kier alpha value is -2.48. The van der Waals surface area contributed by atoms with E-state index in [0.717, 1.165) is 34.7 Å². The van der Waals surface area contributed by atoms with Crippen molar-refractivity contribution >= 4 is 11.3 Å². The third-order valence-corrected chi connectivity index (χ3v) is 5.58. The van der Waals surface area contributed by atoms with Crippen molar-refractivity contribution < 1.29 is 18.9 Å². The second-order valence-corrected chi connectivity index (χ2v) is 7.30. The number of rotatable bonds is 7. The van der Waals surface area contributed by atoms with E-state index in [9.17, 15) is 0 Å². The fourth-order valence-corrected chi connectivity index (χ4v) is 4.00. The Morgan fingerprint density at radius 2 is 2.04 bits per heavy atom. The van der Waals surface area contributed by atoms with Crippen LogP contribution in [0.4, 0.5) is 0 Å². The predicted octanol–water partition coefficient (Wildman–Crippen LogP) is 4.62. The monoisotopic (exact) mass is 398 g/mol. The lowest BCUT2D eigenvalue weighted by Gasteiger charge is -2.16. The minimum absolute atomic E-state index is 0.00815. The van der Waals surface area contributed by atoms with Crippen LogP contribution in [-0.4, -0.2) is 30.5 Å². The van der Waals surface area contributed by atoms with Crippen molar-refractivity contribution in [3.63, 3.8) is 0 Å². The lowest BCUT2D eigenvalue weighted by Crippen LogP contribution is -2.11. The van der Waals surface area contributed by atoms with Gasteiger partial charge < -0.3 is 18.9 Å². The first-order valence-electron chi connectivity index (χ1n) is 9.10. The molecular weight excluding hydrogens is 376 g/mol. The van der Waals surface area contributed by atoms with Gasteiger partial charge in [0.25, 0.3) is 0 Å². The van der Waals surface area contributed by atoms with E-state index in [0.29, 0.717) is 18.1 Å². The molecule has 1 aromatic carbocycles. The highest BCUT2D eigenvalue weighted by molar-refractivity contribution is 7.13. The molecule has 3 aromatic rings. The molecule has 0 N–H and O–H groups in total. The van der Waals surface area contributed by atoms with Gasteiger partial charge in [0, 0.05) is 29.8 Å². The fourth-order valence-electron chi connectivity index (χ4n) is 3.20. The first-order valence-corrected chi connectivity index (χ1v) is 9.98. The Morgan fingerprint density at radius 1 is 1.14 bits per heavy atom. The van der Waals surface area contributed by atoms with Gasteiger partial charge in [-0.3, -0.25) is 4.98 Å². The van der Waals surface area contributed by atoms with Gasteiger partial charge in [0.1, 0.15) is 5.01 Å². The molecule has 3 heterocycles. The van der Waals surface area contributed by atoms with Crippen LogP contribution in [0.3, 0.4) is 0 Å². The number of hydrogen-bond acceptors (Lipinski definition) is 7. The van der Waals surface area contributed by atoms with Crippen LogP contribution in [0.2, 0.25) is 0 Å². The van der Waals surface area contributed by atoms with Crippen LogP contribution in [0.25, 0.3) is 10.6 Å². The highest BCUT2D eigenvalue weighted by atomic mass is 32.1. The number of nitrogens with zero attached hydrogens (tertiary/aromatic N) is 2. The van der Waals surface area contributed by atoms with Gasteiger partial charge in [-0.05, 0) is 36.2 Å². The predicted molar refractivity (Wildman–Crippen MR) is 107 cm³/mol. The summed E-state index contributed by atoms with van der Waals surface area (Å²) in [6.45, 7) is 0.431. The molecule has 0 saturated carbocycles. The van der Waals surface area contributed by atoms with Crippen LogP contribution in [0, 0.1) is 0 Å². The van der Waals surface area contributed by atoms with Gasteiger partial charge in [-0.25, -0.2) is 4.98 Å². The van der Waals surface area contributed by atoms with Gasteiger partial charge in [0.2, 0.25) is 0 Å². The second-order valence-electron chi connectivity index (χ2n) is 6.44. The number of benzene rings is 1. The van der Waals surface area contributed by atoms with Crippen LogP contribution >= 0.6 is 11.3 Å². The quantitative estimate of drug-likeness (QED) is 0.579. The van der Waals surface area contributed by atoms with Gasteiger partial charge in [-0.2, -0.15) is 0 Å². The molecular formula is C21H22N2O4S. The molecule has 6 nitrogen and oxygen atoms in total. The maximum atomic E-state index is 6.08. The van der Waals surface area contributed by atoms with Crippen molar-refractivity contribution in [2.24, 2.45) is 0 Å². The number of pyridine rings is 1. The molecule has 2 unspecified atom stereocenters. The first-order chi connectivity index (χ1) is 13.8. The second kappa shape index (κ2) is 8.68. The number of hydrogen-bond donors (Lipinski definition) is 0. The standard InChI is InChI=1S/C21H22N2O4S/c1-24-18-6-5-14(10-19(18)25-2)17-7-8-20(27-17)26-12-16-13-28-21(23-16)15-4-3-9-22-11-15/h3-6,9-11,13,17,20H,7-8,12H2,1-2H3. The Balaban J connectivity index is 1.34. The van der Waals surface area contributed by atoms with E-state index in [1.165, 1.54) is 0 Å². The van der Waals surface area contributed by atoms with Crippen molar-refractivity contribution in [3.8, 4) is 22.1 Å². The van der Waals surface area contributed by atoms with Crippen molar-refractivity contribution in [2.45, 2.75) is 31.8 Å². The normalized spacial score (nSPS) is 18.9. The minimum atomic E-state index is -0.235. The Labute approximate surface area is 168 Å². The lowest BCUT2D eigenvalue weighted by atomic mass is 10.1. The SMILES string of the molecule is COc1ccc(C2CCC(OCc3csc(-c4cccnc4)n3)O2)cc1OC. The van der Waals surface area contributed by atoms with Gasteiger partial charge in [0.05, 0.1) is 32.6 Å². The smallest absolute Gasteiger partial charge is 0.161 e. The summed E-state index contributed by atoms with van der Waals surface area (Å²) in [5, 5.41) is 2.96. The molecule has 0 aliphatic carbocycles. The van der Waals surface area contributed by atoms with Crippen LogP contribution in [0.1, 0.15) is 30.2 Å². The maximum absolute atomic E-state index is 6.08. The van der Waals surface area contributed by atoms with Crippen molar-refractivity contribution in [3.05, 3.63) is 59.4 Å². The third kappa shape index (κ3) is 4.16. The summed E-state index contributed by atoms with van der Waals surface area (Å²) in [4.78, 5) is 8.77. The number of ether oxygens (including phenoxy) is 4. The Kier molecular flexibility index (Phi) is 5.85. The molecule has 1 aliphatic heterocycles. The average molecular weight is 398 g/mol. The van der Waals surface area contributed by atoms with Crippen molar-refractivity contribution in [2.75, 3.05) is 14.2 Å². The van der Waals surface area contributed by atoms with E-state index in [1.54, 1.807) is 31.8 Å². The molecule has 4 rings (SSSR count). The summed E-state index contributed by atoms with van der Waals surface area (Å²) >= 11 is 1.59. The van der Waals surface area contributed by atoms with Crippen LogP contribution in [0.15, 0.2) is 48.1 Å². The molecule has 0 radical (unpaired) electrons. The number of aromatic nitrogens is 2. The van der Waals surface area contributed by atoms with E-state index >= 15 is 0 Å². The highest BCUT2D eigenvalue weighted by Crippen LogP contribution is 2.37. The zero-order valence-electron chi connectivity index (χ0n) is 15.8. The molecule has 2 aromatic heterocycles. The molecule has 1 fully saturated rings. The molecule has 146 valence electrons. The topological polar surface area (TPSA) is 62.7 Å². The summed E-state index contributed by atoms with van der Waals surface area (Å²) in [6, 6.07) is 9.79. The fraction of sp³-hybridized carbons (Fsp3) is 0.333. The van der Waals surface area contributed by atoms with E-state index in [1.807, 2.05) is 41.9 Å². The molecule has 1 saturated heterocycles. The molecule has 0 amide bonds. The number of methoxy groups -OCH3 is 2. The van der Waals surface area contributed by atoms with Crippen LogP contribution in [0.5, 0.6) is 11.5 Å². The van der Waals surface area contributed by atoms with Gasteiger partial charge >= 0.3 is 0 Å². The number of thiazole rings is 1. The van der Waals surface area contributed by atoms with Gasteiger partial charge in [-0.1, -0.05) is 6.07 Å². The largest absolute Gasteiger partial charge is 0.493 e. The summed E-state index contributed by atoms with van der Waals surface area (Å²) in [5.74, 6) is 1.42. The molecule has 0 bridgehead atoms. The zero-order valence-corrected chi connectivity index (χ0v) is 16.6. The van der Waals surface area contributed by atoms with Crippen molar-refractivity contribution in [1.29, 1.82) is 0 Å². The van der Waals surface area contributed by atoms with E-state index in [-0.39, 0.29) is 12.4 Å². The molecule has 28 heavy (non-hydrogen) atoms. The molecule has 1 aliphatic rings.